The van der Waals surface area contributed by atoms with Gasteiger partial charge in [0.1, 0.15) is 17.0 Å². The smallest absolute Gasteiger partial charge is 0.240 e. The Morgan fingerprint density at radius 1 is 0.966 bits per heavy atom. The topological polar surface area (TPSA) is 87.4 Å². The van der Waals surface area contributed by atoms with Gasteiger partial charge in [-0.05, 0) is 40.2 Å². The van der Waals surface area contributed by atoms with Crippen molar-refractivity contribution in [1.82, 2.24) is 29.3 Å². The summed E-state index contributed by atoms with van der Waals surface area (Å²) in [5.41, 5.74) is 10.9. The number of rotatable bonds is 2. The Hall–Kier alpha value is -2.97. The molecule has 2 N–H and O–H groups in total. The number of aromatic nitrogens is 6. The first-order valence-corrected chi connectivity index (χ1v) is 9.95. The lowest BCUT2D eigenvalue weighted by Gasteiger charge is -2.07. The Kier molecular flexibility index (Phi) is 4.07. The molecule has 0 radical (unpaired) electrons. The van der Waals surface area contributed by atoms with Gasteiger partial charge in [0.2, 0.25) is 5.95 Å². The predicted molar refractivity (Wildman–Crippen MR) is 119 cm³/mol. The van der Waals surface area contributed by atoms with Crippen LogP contribution < -0.4 is 5.73 Å². The van der Waals surface area contributed by atoms with E-state index in [9.17, 15) is 0 Å². The highest BCUT2D eigenvalue weighted by molar-refractivity contribution is 9.10. The van der Waals surface area contributed by atoms with E-state index in [2.05, 4.69) is 36.1 Å². The number of nitrogens with two attached hydrogens (primary N) is 1. The quantitative estimate of drug-likeness (QED) is 0.410. The van der Waals surface area contributed by atoms with Crippen molar-refractivity contribution in [2.24, 2.45) is 14.1 Å². The van der Waals surface area contributed by atoms with Gasteiger partial charge < -0.3 is 14.9 Å². The number of nitrogen functional groups attached to an aromatic ring is 1. The molecule has 0 saturated heterocycles. The highest BCUT2D eigenvalue weighted by Gasteiger charge is 2.21. The average molecular weight is 469 g/mol. The molecule has 0 atom stereocenters. The molecule has 0 spiro atoms. The second kappa shape index (κ2) is 6.53. The van der Waals surface area contributed by atoms with E-state index in [1.807, 2.05) is 59.9 Å². The van der Waals surface area contributed by atoms with E-state index in [-0.39, 0.29) is 5.95 Å². The molecular weight excluding hydrogens is 454 g/mol. The van der Waals surface area contributed by atoms with Crippen molar-refractivity contribution in [3.8, 4) is 22.5 Å². The van der Waals surface area contributed by atoms with Crippen LogP contribution in [-0.2, 0) is 14.1 Å². The summed E-state index contributed by atoms with van der Waals surface area (Å²) in [6.07, 6.45) is 5.76. The van der Waals surface area contributed by atoms with Gasteiger partial charge in [-0.15, -0.1) is 10.2 Å². The van der Waals surface area contributed by atoms with Gasteiger partial charge in [-0.2, -0.15) is 0 Å². The van der Waals surface area contributed by atoms with Crippen molar-refractivity contribution >= 4 is 55.4 Å². The first kappa shape index (κ1) is 18.1. The summed E-state index contributed by atoms with van der Waals surface area (Å²) in [6, 6.07) is 7.79. The number of hydrogen-bond acceptors (Lipinski definition) is 5. The minimum absolute atomic E-state index is 0.113. The molecule has 0 bridgehead atoms. The number of fused-ring (bicyclic) bond motifs is 2. The molecule has 0 amide bonds. The summed E-state index contributed by atoms with van der Waals surface area (Å²) >= 11 is 9.78. The van der Waals surface area contributed by atoms with Crippen molar-refractivity contribution in [2.75, 3.05) is 5.73 Å². The lowest BCUT2D eigenvalue weighted by Crippen LogP contribution is -2.02. The Bertz CT molecular complexity index is 1420. The molecule has 29 heavy (non-hydrogen) atoms. The van der Waals surface area contributed by atoms with E-state index >= 15 is 0 Å². The van der Waals surface area contributed by atoms with Crippen LogP contribution >= 0.6 is 27.5 Å². The van der Waals surface area contributed by atoms with E-state index in [0.717, 1.165) is 37.5 Å². The van der Waals surface area contributed by atoms with Crippen LogP contribution in [0.1, 0.15) is 0 Å². The molecule has 0 aliphatic carbocycles. The van der Waals surface area contributed by atoms with Gasteiger partial charge in [-0.1, -0.05) is 11.6 Å². The molecule has 7 nitrogen and oxygen atoms in total. The Morgan fingerprint density at radius 2 is 1.72 bits per heavy atom. The van der Waals surface area contributed by atoms with Crippen LogP contribution in [0.4, 0.5) is 5.95 Å². The number of nitrogens with zero attached hydrogens (tertiary/aromatic N) is 6. The molecule has 0 fully saturated rings. The van der Waals surface area contributed by atoms with Crippen molar-refractivity contribution < 1.29 is 0 Å². The highest BCUT2D eigenvalue weighted by atomic mass is 79.9. The highest BCUT2D eigenvalue weighted by Crippen LogP contribution is 2.38. The van der Waals surface area contributed by atoms with E-state index in [1.165, 1.54) is 0 Å². The lowest BCUT2D eigenvalue weighted by atomic mass is 10.0. The molecule has 0 unspecified atom stereocenters. The van der Waals surface area contributed by atoms with Gasteiger partial charge in [0.25, 0.3) is 0 Å². The zero-order valence-corrected chi connectivity index (χ0v) is 17.9. The van der Waals surface area contributed by atoms with Crippen LogP contribution in [0.5, 0.6) is 0 Å². The number of benzene rings is 1. The van der Waals surface area contributed by atoms with Crippen LogP contribution in [0.3, 0.4) is 0 Å². The van der Waals surface area contributed by atoms with Crippen molar-refractivity contribution in [3.63, 3.8) is 0 Å². The number of halogens is 2. The van der Waals surface area contributed by atoms with Crippen LogP contribution in [0, 0.1) is 0 Å². The van der Waals surface area contributed by atoms with Crippen molar-refractivity contribution in [3.05, 3.63) is 52.4 Å². The van der Waals surface area contributed by atoms with Crippen LogP contribution in [-0.4, -0.2) is 29.3 Å². The van der Waals surface area contributed by atoms with Gasteiger partial charge >= 0.3 is 0 Å². The fourth-order valence-electron chi connectivity index (χ4n) is 3.69. The first-order chi connectivity index (χ1) is 13.9. The molecule has 0 saturated carbocycles. The van der Waals surface area contributed by atoms with E-state index < -0.39 is 0 Å². The fraction of sp³-hybridized carbons (Fsp3) is 0.100. The summed E-state index contributed by atoms with van der Waals surface area (Å²) in [5.74, 6) is 0.113. The van der Waals surface area contributed by atoms with Gasteiger partial charge in [0, 0.05) is 69.6 Å². The normalized spacial score (nSPS) is 11.6. The van der Waals surface area contributed by atoms with Crippen LogP contribution in [0.25, 0.3) is 44.5 Å². The molecule has 0 aliphatic rings. The summed E-state index contributed by atoms with van der Waals surface area (Å²) in [6.45, 7) is 0. The standard InChI is InChI=1S/C20H15BrClN7/c1-28-8-14(12-6-11(22)3-4-16(12)28)18-17(25-20(23)27-26-18)15-9-29(2)19-13(15)5-10(21)7-24-19/h3-9H,1-2H3,(H2,23,25,27). The third-order valence-electron chi connectivity index (χ3n) is 4.95. The SMILES string of the molecule is Cn1cc(-c2nnc(N)nc2-c2cn(C)c3ncc(Br)cc23)c2cc(Cl)ccc21. The summed E-state index contributed by atoms with van der Waals surface area (Å²) < 4.78 is 4.87. The Labute approximate surface area is 179 Å². The summed E-state index contributed by atoms with van der Waals surface area (Å²) in [7, 11) is 3.93. The molecule has 1 aromatic carbocycles. The zero-order chi connectivity index (χ0) is 20.3. The summed E-state index contributed by atoms with van der Waals surface area (Å²) in [5, 5.41) is 11.0. The van der Waals surface area contributed by atoms with Crippen LogP contribution in [0.15, 0.2) is 47.3 Å². The molecular formula is C20H15BrClN7. The molecule has 5 rings (SSSR count). The molecule has 5 aromatic rings. The maximum atomic E-state index is 6.27. The van der Waals surface area contributed by atoms with E-state index in [1.54, 1.807) is 6.20 Å². The second-order valence-electron chi connectivity index (χ2n) is 6.86. The lowest BCUT2D eigenvalue weighted by molar-refractivity contribution is 0.946. The molecule has 144 valence electrons. The molecule has 4 heterocycles. The zero-order valence-electron chi connectivity index (χ0n) is 15.6. The molecule has 4 aromatic heterocycles. The van der Waals surface area contributed by atoms with Crippen LogP contribution in [0.2, 0.25) is 5.02 Å². The largest absolute Gasteiger partial charge is 0.366 e. The van der Waals surface area contributed by atoms with E-state index in [4.69, 9.17) is 17.3 Å². The second-order valence-corrected chi connectivity index (χ2v) is 8.21. The first-order valence-electron chi connectivity index (χ1n) is 8.78. The van der Waals surface area contributed by atoms with Crippen molar-refractivity contribution in [2.45, 2.75) is 0 Å². The number of aryl methyl sites for hydroxylation is 2. The molecule has 0 aliphatic heterocycles. The molecule has 9 heteroatoms. The van der Waals surface area contributed by atoms with Crippen molar-refractivity contribution in [1.29, 1.82) is 0 Å². The number of pyridine rings is 1. The summed E-state index contributed by atoms with van der Waals surface area (Å²) in [4.78, 5) is 9.07. The minimum atomic E-state index is 0.113. The van der Waals surface area contributed by atoms with E-state index in [0.29, 0.717) is 16.4 Å². The van der Waals surface area contributed by atoms with Gasteiger partial charge in [-0.25, -0.2) is 9.97 Å². The Balaban J connectivity index is 1.86. The Morgan fingerprint density at radius 3 is 2.55 bits per heavy atom. The predicted octanol–water partition coefficient (Wildman–Crippen LogP) is 4.58. The number of anilines is 1. The fourth-order valence-corrected chi connectivity index (χ4v) is 4.19. The van der Waals surface area contributed by atoms with Gasteiger partial charge in [-0.3, -0.25) is 0 Å². The number of hydrogen-bond donors (Lipinski definition) is 1. The van der Waals surface area contributed by atoms with Gasteiger partial charge in [0.05, 0.1) is 0 Å². The maximum absolute atomic E-state index is 6.27. The maximum Gasteiger partial charge on any atom is 0.240 e. The average Bonchev–Trinajstić information content (AvgIpc) is 3.18. The van der Waals surface area contributed by atoms with Gasteiger partial charge in [0.15, 0.2) is 0 Å². The third-order valence-corrected chi connectivity index (χ3v) is 5.61. The minimum Gasteiger partial charge on any atom is -0.366 e. The third kappa shape index (κ3) is 2.87. The monoisotopic (exact) mass is 467 g/mol.